The number of fused-ring (bicyclic) bond motifs is 2. The molecule has 0 saturated carbocycles. The topological polar surface area (TPSA) is 12.5 Å². The summed E-state index contributed by atoms with van der Waals surface area (Å²) in [6, 6.07) is 14.8. The van der Waals surface area contributed by atoms with Gasteiger partial charge in [0, 0.05) is 0 Å². The minimum atomic E-state index is 0.914. The Morgan fingerprint density at radius 1 is 0.909 bits per heavy atom. The van der Waals surface area contributed by atoms with Crippen LogP contribution in [0.25, 0.3) is 0 Å². The maximum Gasteiger partial charge on any atom is 0.205 e. The molecule has 3 aromatic rings. The molecular weight excluding hydrogens is 290 g/mol. The lowest BCUT2D eigenvalue weighted by Crippen LogP contribution is -2.16. The number of hydrogen-bond acceptors (Lipinski definition) is 3. The first-order valence-electron chi connectivity index (χ1n) is 7.37. The summed E-state index contributed by atoms with van der Waals surface area (Å²) in [6.45, 7) is 6.51. The molecule has 1 aromatic heterocycles. The van der Waals surface area contributed by atoms with Crippen molar-refractivity contribution in [2.45, 2.75) is 20.8 Å². The van der Waals surface area contributed by atoms with E-state index in [1.165, 1.54) is 22.4 Å². The molecule has 3 heteroatoms. The molecule has 0 unspecified atom stereocenters. The van der Waals surface area contributed by atoms with Crippen molar-refractivity contribution in [2.75, 3.05) is 4.90 Å². The number of hydrogen-bond donors (Lipinski definition) is 0. The van der Waals surface area contributed by atoms with E-state index in [1.54, 1.807) is 11.3 Å². The monoisotopic (exact) mass is 307 g/mol. The maximum atomic E-state index is 6.05. The van der Waals surface area contributed by atoms with Crippen molar-refractivity contribution in [2.24, 2.45) is 0 Å². The van der Waals surface area contributed by atoms with E-state index >= 15 is 0 Å². The van der Waals surface area contributed by atoms with E-state index in [-0.39, 0.29) is 0 Å². The highest BCUT2D eigenvalue weighted by Gasteiger charge is 2.28. The number of ether oxygens (including phenoxy) is 1. The molecule has 0 aliphatic carbocycles. The van der Waals surface area contributed by atoms with Gasteiger partial charge in [0.2, 0.25) is 5.06 Å². The van der Waals surface area contributed by atoms with Crippen LogP contribution in [0, 0.1) is 20.8 Å². The van der Waals surface area contributed by atoms with Gasteiger partial charge in [-0.1, -0.05) is 29.8 Å². The molecule has 2 aromatic carbocycles. The van der Waals surface area contributed by atoms with Crippen LogP contribution >= 0.6 is 11.3 Å². The quantitative estimate of drug-likeness (QED) is 0.412. The molecule has 1 aliphatic heterocycles. The summed E-state index contributed by atoms with van der Waals surface area (Å²) in [4.78, 5) is 2.33. The number of para-hydroxylation sites is 2. The number of nitrogens with zero attached hydrogens (tertiary/aromatic N) is 1. The van der Waals surface area contributed by atoms with Gasteiger partial charge in [-0.25, -0.2) is 0 Å². The molecule has 110 valence electrons. The fourth-order valence-corrected chi connectivity index (χ4v) is 3.99. The molecule has 0 radical (unpaired) electrons. The molecular formula is C19H17NOS. The van der Waals surface area contributed by atoms with Crippen LogP contribution in [0.3, 0.4) is 0 Å². The van der Waals surface area contributed by atoms with E-state index in [0.717, 1.165) is 22.2 Å². The largest absolute Gasteiger partial charge is 0.442 e. The molecule has 0 saturated heterocycles. The number of anilines is 3. The molecule has 22 heavy (non-hydrogen) atoms. The molecule has 2 heterocycles. The third kappa shape index (κ3) is 1.93. The van der Waals surface area contributed by atoms with Gasteiger partial charge in [-0.3, -0.25) is 0 Å². The van der Waals surface area contributed by atoms with Crippen LogP contribution in [0.2, 0.25) is 0 Å². The zero-order valence-corrected chi connectivity index (χ0v) is 13.7. The second-order valence-electron chi connectivity index (χ2n) is 5.75. The summed E-state index contributed by atoms with van der Waals surface area (Å²) in [7, 11) is 0. The molecule has 0 amide bonds. The number of rotatable bonds is 1. The zero-order chi connectivity index (χ0) is 15.3. The summed E-state index contributed by atoms with van der Waals surface area (Å²) in [6.07, 6.45) is 0. The van der Waals surface area contributed by atoms with Crippen molar-refractivity contribution in [3.63, 3.8) is 0 Å². The Morgan fingerprint density at radius 3 is 2.41 bits per heavy atom. The zero-order valence-electron chi connectivity index (χ0n) is 12.9. The first-order valence-corrected chi connectivity index (χ1v) is 8.25. The smallest absolute Gasteiger partial charge is 0.205 e. The Hall–Kier alpha value is -2.26. The molecule has 1 aliphatic rings. The van der Waals surface area contributed by atoms with E-state index in [2.05, 4.69) is 61.4 Å². The van der Waals surface area contributed by atoms with Crippen LogP contribution < -0.4 is 9.64 Å². The van der Waals surface area contributed by atoms with Crippen LogP contribution in [0.15, 0.2) is 47.8 Å². The van der Waals surface area contributed by atoms with Gasteiger partial charge in [0.25, 0.3) is 0 Å². The number of aryl methyl sites for hydroxylation is 3. The van der Waals surface area contributed by atoms with Crippen LogP contribution in [-0.2, 0) is 0 Å². The Bertz CT molecular complexity index is 842. The van der Waals surface area contributed by atoms with E-state index in [0.29, 0.717) is 0 Å². The predicted molar refractivity (Wildman–Crippen MR) is 93.3 cm³/mol. The highest BCUT2D eigenvalue weighted by Crippen LogP contribution is 2.53. The average Bonchev–Trinajstić information content (AvgIpc) is 2.93. The van der Waals surface area contributed by atoms with Crippen molar-refractivity contribution in [1.29, 1.82) is 0 Å². The van der Waals surface area contributed by atoms with Gasteiger partial charge >= 0.3 is 0 Å². The van der Waals surface area contributed by atoms with Gasteiger partial charge in [0.15, 0.2) is 5.75 Å². The van der Waals surface area contributed by atoms with Gasteiger partial charge in [0.05, 0.1) is 11.4 Å². The van der Waals surface area contributed by atoms with Gasteiger partial charge in [-0.2, -0.15) is 0 Å². The molecule has 0 atom stereocenters. The molecule has 4 rings (SSSR count). The minimum Gasteiger partial charge on any atom is -0.442 e. The van der Waals surface area contributed by atoms with Crippen molar-refractivity contribution >= 4 is 28.4 Å². The molecule has 0 fully saturated rings. The highest BCUT2D eigenvalue weighted by molar-refractivity contribution is 7.12. The fraction of sp³-hybridized carbons (Fsp3) is 0.158. The molecule has 0 spiro atoms. The van der Waals surface area contributed by atoms with Crippen molar-refractivity contribution < 1.29 is 4.74 Å². The Kier molecular flexibility index (Phi) is 2.98. The Balaban J connectivity index is 2.01. The van der Waals surface area contributed by atoms with Gasteiger partial charge in [-0.15, -0.1) is 11.3 Å². The summed E-state index contributed by atoms with van der Waals surface area (Å²) >= 11 is 1.64. The van der Waals surface area contributed by atoms with Crippen molar-refractivity contribution in [3.05, 3.63) is 64.5 Å². The standard InChI is InChI=1S/C19H17NOS/c1-12-10-13(2)18(14(3)11-12)20-15-6-4-5-7-17(15)21-19-16(20)8-9-22-19/h4-11H,1-3H3. The van der Waals surface area contributed by atoms with Crippen LogP contribution in [0.4, 0.5) is 17.1 Å². The Labute approximate surface area is 134 Å². The van der Waals surface area contributed by atoms with E-state index in [4.69, 9.17) is 4.74 Å². The van der Waals surface area contributed by atoms with Crippen molar-refractivity contribution in [1.82, 2.24) is 0 Å². The van der Waals surface area contributed by atoms with Crippen LogP contribution in [-0.4, -0.2) is 0 Å². The first-order chi connectivity index (χ1) is 10.6. The van der Waals surface area contributed by atoms with E-state index in [1.807, 2.05) is 12.1 Å². The SMILES string of the molecule is Cc1cc(C)c(N2c3ccccc3Oc3sccc32)c(C)c1. The number of thiophene rings is 1. The second-order valence-corrected chi connectivity index (χ2v) is 6.62. The lowest BCUT2D eigenvalue weighted by atomic mass is 10.0. The lowest BCUT2D eigenvalue weighted by Gasteiger charge is -2.33. The summed E-state index contributed by atoms with van der Waals surface area (Å²) < 4.78 is 6.05. The predicted octanol–water partition coefficient (Wildman–Crippen LogP) is 6.25. The third-order valence-corrected chi connectivity index (χ3v) is 4.80. The first kappa shape index (κ1) is 13.4. The number of benzene rings is 2. The summed E-state index contributed by atoms with van der Waals surface area (Å²) in [5.74, 6) is 0.914. The van der Waals surface area contributed by atoms with Gasteiger partial charge in [-0.05, 0) is 55.5 Å². The highest BCUT2D eigenvalue weighted by atomic mass is 32.1. The summed E-state index contributed by atoms with van der Waals surface area (Å²) in [5, 5.41) is 3.04. The Morgan fingerprint density at radius 2 is 1.64 bits per heavy atom. The molecule has 2 nitrogen and oxygen atoms in total. The molecule has 0 N–H and O–H groups in total. The summed E-state index contributed by atoms with van der Waals surface area (Å²) in [5.41, 5.74) is 7.34. The third-order valence-electron chi connectivity index (χ3n) is 4.02. The second kappa shape index (κ2) is 4.89. The lowest BCUT2D eigenvalue weighted by molar-refractivity contribution is 0.491. The van der Waals surface area contributed by atoms with Gasteiger partial charge < -0.3 is 9.64 Å². The van der Waals surface area contributed by atoms with Crippen molar-refractivity contribution in [3.8, 4) is 10.8 Å². The van der Waals surface area contributed by atoms with Crippen LogP contribution in [0.1, 0.15) is 16.7 Å². The van der Waals surface area contributed by atoms with Crippen LogP contribution in [0.5, 0.6) is 10.8 Å². The molecule has 0 bridgehead atoms. The van der Waals surface area contributed by atoms with Gasteiger partial charge in [0.1, 0.15) is 5.69 Å². The van der Waals surface area contributed by atoms with E-state index < -0.39 is 0 Å². The average molecular weight is 307 g/mol. The minimum absolute atomic E-state index is 0.914. The maximum absolute atomic E-state index is 6.05. The van der Waals surface area contributed by atoms with E-state index in [9.17, 15) is 0 Å². The fourth-order valence-electron chi connectivity index (χ4n) is 3.25. The normalized spacial score (nSPS) is 12.6.